The molecule has 280 valence electrons. The normalized spacial score (nSPS) is 17.0. The van der Waals surface area contributed by atoms with Gasteiger partial charge in [-0.2, -0.15) is 23.4 Å². The van der Waals surface area contributed by atoms with E-state index in [-0.39, 0.29) is 37.0 Å². The SMILES string of the molecule is CCC1Cc2ncc(Oc3c(C)cnn4cc(-c5cnn(CCO)c5)cc34)cc2CN1C(=O)Nc1ccc(CN2CCN(CC)CC2)c(C(F)(F)F)c1. The number of aromatic nitrogens is 5. The Kier molecular flexibility index (Phi) is 10.4. The molecule has 2 aliphatic rings. The molecular formula is C38H44F3N9O3. The number of aliphatic hydroxyl groups is 1. The first-order valence-electron chi connectivity index (χ1n) is 18.0. The average Bonchev–Trinajstić information content (AvgIpc) is 3.80. The van der Waals surface area contributed by atoms with Gasteiger partial charge in [-0.3, -0.25) is 14.6 Å². The summed E-state index contributed by atoms with van der Waals surface area (Å²) in [5.41, 5.74) is 4.52. The summed E-state index contributed by atoms with van der Waals surface area (Å²) in [7, 11) is 0. The summed E-state index contributed by atoms with van der Waals surface area (Å²) < 4.78 is 52.7. The number of ether oxygens (including phenoxy) is 1. The highest BCUT2D eigenvalue weighted by atomic mass is 19.4. The topological polar surface area (TPSA) is 116 Å². The summed E-state index contributed by atoms with van der Waals surface area (Å²) in [4.78, 5) is 24.4. The molecule has 2 aliphatic heterocycles. The van der Waals surface area contributed by atoms with Crippen LogP contribution in [0.5, 0.6) is 11.5 Å². The zero-order valence-electron chi connectivity index (χ0n) is 30.1. The molecule has 4 aromatic heterocycles. The summed E-state index contributed by atoms with van der Waals surface area (Å²) in [6, 6.07) is 7.26. The number of carbonyl (C=O) groups excluding carboxylic acids is 1. The first-order chi connectivity index (χ1) is 25.5. The fraction of sp³-hybridized carbons (Fsp3) is 0.421. The van der Waals surface area contributed by atoms with Gasteiger partial charge in [0.2, 0.25) is 0 Å². The maximum Gasteiger partial charge on any atom is 0.416 e. The van der Waals surface area contributed by atoms with Crippen LogP contribution in [0.25, 0.3) is 16.6 Å². The van der Waals surface area contributed by atoms with Crippen LogP contribution in [-0.2, 0) is 32.2 Å². The minimum absolute atomic E-state index is 0.0117. The molecule has 0 saturated carbocycles. The van der Waals surface area contributed by atoms with Crippen LogP contribution >= 0.6 is 0 Å². The van der Waals surface area contributed by atoms with Crippen LogP contribution in [0, 0.1) is 6.92 Å². The Bertz CT molecular complexity index is 2090. The molecule has 0 aliphatic carbocycles. The van der Waals surface area contributed by atoms with Crippen LogP contribution in [0.15, 0.2) is 61.3 Å². The fourth-order valence-corrected chi connectivity index (χ4v) is 7.17. The van der Waals surface area contributed by atoms with Gasteiger partial charge in [-0.1, -0.05) is 19.9 Å². The minimum atomic E-state index is -4.57. The van der Waals surface area contributed by atoms with Crippen LogP contribution in [0.2, 0.25) is 0 Å². The van der Waals surface area contributed by atoms with Crippen molar-refractivity contribution < 1.29 is 27.8 Å². The van der Waals surface area contributed by atoms with Gasteiger partial charge >= 0.3 is 12.2 Å². The van der Waals surface area contributed by atoms with Crippen LogP contribution in [0.4, 0.5) is 23.7 Å². The van der Waals surface area contributed by atoms with Crippen molar-refractivity contribution in [2.24, 2.45) is 0 Å². The number of hydrogen-bond donors (Lipinski definition) is 2. The van der Waals surface area contributed by atoms with Crippen molar-refractivity contribution in [3.05, 3.63) is 89.3 Å². The largest absolute Gasteiger partial charge is 0.453 e. The van der Waals surface area contributed by atoms with Crippen molar-refractivity contribution in [2.75, 3.05) is 44.6 Å². The van der Waals surface area contributed by atoms with E-state index in [9.17, 15) is 23.1 Å². The van der Waals surface area contributed by atoms with Crippen molar-refractivity contribution in [3.8, 4) is 22.6 Å². The quantitative estimate of drug-likeness (QED) is 0.174. The molecule has 5 aromatic rings. The number of nitrogens with one attached hydrogen (secondary N) is 1. The zero-order chi connectivity index (χ0) is 37.3. The highest BCUT2D eigenvalue weighted by molar-refractivity contribution is 5.90. The van der Waals surface area contributed by atoms with Gasteiger partial charge in [-0.15, -0.1) is 0 Å². The molecule has 1 saturated heterocycles. The van der Waals surface area contributed by atoms with E-state index in [0.717, 1.165) is 59.2 Å². The first kappa shape index (κ1) is 36.4. The monoisotopic (exact) mass is 731 g/mol. The molecule has 0 bridgehead atoms. The number of benzene rings is 1. The van der Waals surface area contributed by atoms with Crippen LogP contribution in [0.3, 0.4) is 0 Å². The van der Waals surface area contributed by atoms with E-state index in [4.69, 9.17) is 9.72 Å². The molecule has 1 fully saturated rings. The summed E-state index contributed by atoms with van der Waals surface area (Å²) in [6.07, 6.45) is 5.45. The first-order valence-corrected chi connectivity index (χ1v) is 18.0. The maximum absolute atomic E-state index is 14.3. The molecule has 2 amide bonds. The number of pyridine rings is 1. The summed E-state index contributed by atoms with van der Waals surface area (Å²) >= 11 is 0. The molecule has 1 unspecified atom stereocenters. The number of fused-ring (bicyclic) bond motifs is 2. The van der Waals surface area contributed by atoms with Gasteiger partial charge in [0, 0.05) is 92.2 Å². The Morgan fingerprint density at radius 1 is 1.00 bits per heavy atom. The lowest BCUT2D eigenvalue weighted by molar-refractivity contribution is -0.138. The van der Waals surface area contributed by atoms with Gasteiger partial charge in [-0.25, -0.2) is 9.31 Å². The lowest BCUT2D eigenvalue weighted by Crippen LogP contribution is -2.46. The number of aryl methyl sites for hydroxylation is 1. The number of halogens is 3. The molecule has 53 heavy (non-hydrogen) atoms. The number of likely N-dealkylation sites (N-methyl/N-ethyl adjacent to an activating group) is 1. The maximum atomic E-state index is 14.3. The summed E-state index contributed by atoms with van der Waals surface area (Å²) in [5.74, 6) is 1.08. The molecule has 7 rings (SSSR count). The van der Waals surface area contributed by atoms with Gasteiger partial charge in [-0.05, 0) is 55.3 Å². The molecule has 6 heterocycles. The van der Waals surface area contributed by atoms with E-state index in [1.165, 1.54) is 6.07 Å². The third kappa shape index (κ3) is 7.87. The number of aliphatic hydroxyl groups excluding tert-OH is 1. The Balaban J connectivity index is 1.08. The average molecular weight is 732 g/mol. The minimum Gasteiger partial charge on any atom is -0.453 e. The van der Waals surface area contributed by atoms with Crippen molar-refractivity contribution in [1.82, 2.24) is 39.1 Å². The van der Waals surface area contributed by atoms with Crippen molar-refractivity contribution >= 4 is 17.2 Å². The van der Waals surface area contributed by atoms with Gasteiger partial charge in [0.05, 0.1) is 37.3 Å². The van der Waals surface area contributed by atoms with Crippen LogP contribution in [-0.4, -0.2) is 95.6 Å². The van der Waals surface area contributed by atoms with E-state index in [2.05, 4.69) is 27.3 Å². The smallest absolute Gasteiger partial charge is 0.416 e. The molecule has 2 N–H and O–H groups in total. The number of nitrogens with zero attached hydrogens (tertiary/aromatic N) is 8. The third-order valence-electron chi connectivity index (χ3n) is 10.2. The molecule has 1 atom stereocenters. The highest BCUT2D eigenvalue weighted by Crippen LogP contribution is 2.37. The third-order valence-corrected chi connectivity index (χ3v) is 10.2. The summed E-state index contributed by atoms with van der Waals surface area (Å²) in [6.45, 7) is 10.8. The number of urea groups is 1. The van der Waals surface area contributed by atoms with Crippen LogP contribution in [0.1, 0.15) is 48.2 Å². The number of alkyl halides is 3. The second-order valence-electron chi connectivity index (χ2n) is 13.7. The van der Waals surface area contributed by atoms with Gasteiger partial charge in [0.25, 0.3) is 0 Å². The van der Waals surface area contributed by atoms with E-state index in [1.807, 2.05) is 43.3 Å². The second-order valence-corrected chi connectivity index (χ2v) is 13.7. The molecule has 15 heteroatoms. The molecule has 12 nitrogen and oxygen atoms in total. The number of carbonyl (C=O) groups is 1. The predicted molar refractivity (Wildman–Crippen MR) is 194 cm³/mol. The number of anilines is 1. The fourth-order valence-electron chi connectivity index (χ4n) is 7.17. The summed E-state index contributed by atoms with van der Waals surface area (Å²) in [5, 5.41) is 20.8. The van der Waals surface area contributed by atoms with Crippen molar-refractivity contribution in [2.45, 2.75) is 65.5 Å². The molecular weight excluding hydrogens is 687 g/mol. The molecule has 0 spiro atoms. The van der Waals surface area contributed by atoms with Crippen molar-refractivity contribution in [1.29, 1.82) is 0 Å². The standard InChI is InChI=1S/C38H44F3N9O3/c1-4-31-17-34-28(14-32(20-42-34)53-36-25(3)18-44-50-24-27(15-35(36)50)29-19-43-48(22-29)12-13-51)23-49(31)37(52)45-30-7-6-26(33(16-30)38(39,40)41)21-47-10-8-46(5-2)9-11-47/h6-7,14-16,18-20,22,24,31,51H,4-5,8-13,17,21,23H2,1-3H3,(H,45,52). The van der Waals surface area contributed by atoms with E-state index in [1.54, 1.807) is 38.8 Å². The van der Waals surface area contributed by atoms with E-state index >= 15 is 0 Å². The Labute approximate surface area is 305 Å². The molecule has 0 radical (unpaired) electrons. The Morgan fingerprint density at radius 2 is 1.79 bits per heavy atom. The van der Waals surface area contributed by atoms with Gasteiger partial charge in [0.1, 0.15) is 11.3 Å². The highest BCUT2D eigenvalue weighted by Gasteiger charge is 2.35. The van der Waals surface area contributed by atoms with Crippen molar-refractivity contribution in [3.63, 3.8) is 0 Å². The van der Waals surface area contributed by atoms with Gasteiger partial charge in [0.15, 0.2) is 5.75 Å². The Morgan fingerprint density at radius 3 is 2.53 bits per heavy atom. The number of piperazine rings is 1. The second kappa shape index (κ2) is 15.2. The van der Waals surface area contributed by atoms with Crippen LogP contribution < -0.4 is 10.1 Å². The predicted octanol–water partition coefficient (Wildman–Crippen LogP) is 6.21. The lowest BCUT2D eigenvalue weighted by Gasteiger charge is -2.36. The molecule has 1 aromatic carbocycles. The number of amides is 2. The number of rotatable bonds is 10. The lowest BCUT2D eigenvalue weighted by atomic mass is 9.97. The zero-order valence-corrected chi connectivity index (χ0v) is 30.1. The Hall–Kier alpha value is -4.99. The van der Waals surface area contributed by atoms with E-state index < -0.39 is 17.8 Å². The number of hydrogen-bond acceptors (Lipinski definition) is 8. The van der Waals surface area contributed by atoms with E-state index in [0.29, 0.717) is 44.0 Å². The van der Waals surface area contributed by atoms with Gasteiger partial charge < -0.3 is 25.0 Å².